The standard InChI is InChI=1S/C10H18S/c1-3-5-9-7-8-11-10(9)6-4-2/h7-10H,3-6H2,1-2H3. The second-order valence-corrected chi connectivity index (χ2v) is 4.39. The van der Waals surface area contributed by atoms with Gasteiger partial charge in [-0.25, -0.2) is 0 Å². The lowest BCUT2D eigenvalue weighted by atomic mass is 9.97. The van der Waals surface area contributed by atoms with Crippen molar-refractivity contribution >= 4 is 11.8 Å². The molecule has 1 aliphatic rings. The van der Waals surface area contributed by atoms with E-state index in [0.29, 0.717) is 0 Å². The molecular formula is C10H18S. The molecule has 1 rings (SSSR count). The average Bonchev–Trinajstić information content (AvgIpc) is 2.39. The number of allylic oxidation sites excluding steroid dienone is 1. The predicted octanol–water partition coefficient (Wildman–Crippen LogP) is 3.83. The van der Waals surface area contributed by atoms with E-state index in [1.54, 1.807) is 0 Å². The van der Waals surface area contributed by atoms with E-state index in [0.717, 1.165) is 11.2 Å². The van der Waals surface area contributed by atoms with Gasteiger partial charge in [-0.1, -0.05) is 32.8 Å². The Balaban J connectivity index is 2.30. The van der Waals surface area contributed by atoms with Gasteiger partial charge >= 0.3 is 0 Å². The van der Waals surface area contributed by atoms with E-state index >= 15 is 0 Å². The molecule has 0 nitrogen and oxygen atoms in total. The molecule has 0 saturated carbocycles. The van der Waals surface area contributed by atoms with Crippen LogP contribution in [0.3, 0.4) is 0 Å². The van der Waals surface area contributed by atoms with Crippen LogP contribution in [-0.4, -0.2) is 5.25 Å². The van der Waals surface area contributed by atoms with Gasteiger partial charge < -0.3 is 0 Å². The molecule has 0 aromatic rings. The molecule has 0 aliphatic carbocycles. The highest BCUT2D eigenvalue weighted by Gasteiger charge is 2.21. The summed E-state index contributed by atoms with van der Waals surface area (Å²) in [6, 6.07) is 0. The number of rotatable bonds is 4. The normalized spacial score (nSPS) is 29.6. The highest BCUT2D eigenvalue weighted by molar-refractivity contribution is 8.03. The van der Waals surface area contributed by atoms with E-state index in [-0.39, 0.29) is 0 Å². The van der Waals surface area contributed by atoms with Crippen LogP contribution >= 0.6 is 11.8 Å². The van der Waals surface area contributed by atoms with Gasteiger partial charge in [0, 0.05) is 5.25 Å². The van der Waals surface area contributed by atoms with Crippen molar-refractivity contribution in [1.29, 1.82) is 0 Å². The maximum atomic E-state index is 2.40. The summed E-state index contributed by atoms with van der Waals surface area (Å²) in [6.07, 6.45) is 7.83. The average molecular weight is 170 g/mol. The molecule has 0 radical (unpaired) electrons. The van der Waals surface area contributed by atoms with Crippen molar-refractivity contribution in [3.05, 3.63) is 11.5 Å². The molecule has 11 heavy (non-hydrogen) atoms. The quantitative estimate of drug-likeness (QED) is 0.618. The van der Waals surface area contributed by atoms with Crippen LogP contribution in [0.1, 0.15) is 39.5 Å². The maximum absolute atomic E-state index is 2.40. The highest BCUT2D eigenvalue weighted by Crippen LogP contribution is 2.35. The summed E-state index contributed by atoms with van der Waals surface area (Å²) < 4.78 is 0. The minimum Gasteiger partial charge on any atom is -0.130 e. The van der Waals surface area contributed by atoms with Crippen LogP contribution in [0.4, 0.5) is 0 Å². The monoisotopic (exact) mass is 170 g/mol. The highest BCUT2D eigenvalue weighted by atomic mass is 32.2. The van der Waals surface area contributed by atoms with Gasteiger partial charge in [-0.05, 0) is 24.2 Å². The minimum atomic E-state index is 0.880. The summed E-state index contributed by atoms with van der Waals surface area (Å²) in [6.45, 7) is 4.56. The molecule has 0 aromatic heterocycles. The van der Waals surface area contributed by atoms with Gasteiger partial charge in [-0.2, -0.15) is 0 Å². The summed E-state index contributed by atoms with van der Waals surface area (Å²) in [5.74, 6) is 0.880. The van der Waals surface area contributed by atoms with Crippen LogP contribution in [0.25, 0.3) is 0 Å². The van der Waals surface area contributed by atoms with Gasteiger partial charge in [-0.3, -0.25) is 0 Å². The molecule has 1 heterocycles. The summed E-state index contributed by atoms with van der Waals surface area (Å²) in [5, 5.41) is 3.20. The van der Waals surface area contributed by atoms with Crippen molar-refractivity contribution in [3.63, 3.8) is 0 Å². The fourth-order valence-corrected chi connectivity index (χ4v) is 2.95. The van der Waals surface area contributed by atoms with Gasteiger partial charge in [-0.15, -0.1) is 11.8 Å². The summed E-state index contributed by atoms with van der Waals surface area (Å²) >= 11 is 2.03. The van der Waals surface area contributed by atoms with E-state index in [1.165, 1.54) is 25.7 Å². The Bertz CT molecular complexity index is 129. The zero-order valence-electron chi connectivity index (χ0n) is 7.55. The lowest BCUT2D eigenvalue weighted by Crippen LogP contribution is -2.10. The molecule has 0 aromatic carbocycles. The Morgan fingerprint density at radius 2 is 1.91 bits per heavy atom. The van der Waals surface area contributed by atoms with Gasteiger partial charge in [0.05, 0.1) is 0 Å². The number of thioether (sulfide) groups is 1. The fraction of sp³-hybridized carbons (Fsp3) is 0.800. The van der Waals surface area contributed by atoms with E-state index in [2.05, 4.69) is 25.3 Å². The zero-order valence-corrected chi connectivity index (χ0v) is 8.36. The number of hydrogen-bond acceptors (Lipinski definition) is 1. The molecule has 0 saturated heterocycles. The summed E-state index contributed by atoms with van der Waals surface area (Å²) in [7, 11) is 0. The molecule has 2 atom stereocenters. The second kappa shape index (κ2) is 4.87. The van der Waals surface area contributed by atoms with Crippen molar-refractivity contribution < 1.29 is 0 Å². The van der Waals surface area contributed by atoms with Gasteiger partial charge in [0.1, 0.15) is 0 Å². The molecule has 64 valence electrons. The molecule has 0 bridgehead atoms. The van der Waals surface area contributed by atoms with Gasteiger partial charge in [0.15, 0.2) is 0 Å². The van der Waals surface area contributed by atoms with Crippen LogP contribution in [0.2, 0.25) is 0 Å². The molecule has 0 amide bonds. The first-order chi connectivity index (χ1) is 5.38. The molecule has 1 heteroatoms. The zero-order chi connectivity index (χ0) is 8.10. The largest absolute Gasteiger partial charge is 0.130 e. The topological polar surface area (TPSA) is 0 Å². The van der Waals surface area contributed by atoms with E-state index in [9.17, 15) is 0 Å². The van der Waals surface area contributed by atoms with Crippen molar-refractivity contribution in [2.45, 2.75) is 44.8 Å². The van der Waals surface area contributed by atoms with Crippen LogP contribution in [0.15, 0.2) is 11.5 Å². The fourth-order valence-electron chi connectivity index (χ4n) is 1.65. The van der Waals surface area contributed by atoms with Crippen LogP contribution in [0, 0.1) is 5.92 Å². The van der Waals surface area contributed by atoms with Gasteiger partial charge in [0.2, 0.25) is 0 Å². The second-order valence-electron chi connectivity index (χ2n) is 3.24. The van der Waals surface area contributed by atoms with Crippen molar-refractivity contribution in [1.82, 2.24) is 0 Å². The third kappa shape index (κ3) is 2.55. The Hall–Kier alpha value is 0.0900. The van der Waals surface area contributed by atoms with E-state index in [4.69, 9.17) is 0 Å². The predicted molar refractivity (Wildman–Crippen MR) is 53.8 cm³/mol. The number of hydrogen-bond donors (Lipinski definition) is 0. The Labute approximate surface area is 74.5 Å². The van der Waals surface area contributed by atoms with Crippen molar-refractivity contribution in [2.24, 2.45) is 5.92 Å². The smallest absolute Gasteiger partial charge is 0.0151 e. The maximum Gasteiger partial charge on any atom is 0.0151 e. The summed E-state index contributed by atoms with van der Waals surface area (Å²) in [5.41, 5.74) is 0. The lowest BCUT2D eigenvalue weighted by Gasteiger charge is -2.16. The molecular weight excluding hydrogens is 152 g/mol. The van der Waals surface area contributed by atoms with Crippen LogP contribution < -0.4 is 0 Å². The van der Waals surface area contributed by atoms with Crippen molar-refractivity contribution in [2.75, 3.05) is 0 Å². The molecule has 0 N–H and O–H groups in total. The molecule has 2 unspecified atom stereocenters. The Morgan fingerprint density at radius 1 is 1.18 bits per heavy atom. The third-order valence-corrected chi connectivity index (χ3v) is 3.50. The van der Waals surface area contributed by atoms with E-state index in [1.807, 2.05) is 11.8 Å². The molecule has 1 aliphatic heterocycles. The first-order valence-corrected chi connectivity index (χ1v) is 5.64. The molecule has 0 fully saturated rings. The lowest BCUT2D eigenvalue weighted by molar-refractivity contribution is 0.534. The minimum absolute atomic E-state index is 0.880. The van der Waals surface area contributed by atoms with Crippen LogP contribution in [0.5, 0.6) is 0 Å². The first-order valence-electron chi connectivity index (χ1n) is 4.70. The SMILES string of the molecule is CCCC1C=CSC1CCC. The summed E-state index contributed by atoms with van der Waals surface area (Å²) in [4.78, 5) is 0. The van der Waals surface area contributed by atoms with E-state index < -0.39 is 0 Å². The van der Waals surface area contributed by atoms with Crippen LogP contribution in [-0.2, 0) is 0 Å². The van der Waals surface area contributed by atoms with Crippen molar-refractivity contribution in [3.8, 4) is 0 Å². The third-order valence-electron chi connectivity index (χ3n) is 2.25. The van der Waals surface area contributed by atoms with Gasteiger partial charge in [0.25, 0.3) is 0 Å². The Kier molecular flexibility index (Phi) is 4.06. The Morgan fingerprint density at radius 3 is 2.55 bits per heavy atom. The first kappa shape index (κ1) is 9.18. The molecule has 0 spiro atoms.